The lowest BCUT2D eigenvalue weighted by Gasteiger charge is -2.34. The first-order valence-electron chi connectivity index (χ1n) is 20.2. The molecule has 4 amide bonds. The van der Waals surface area contributed by atoms with E-state index < -0.39 is 68.9 Å². The number of nitrogens with zero attached hydrogens (tertiary/aromatic N) is 1. The van der Waals surface area contributed by atoms with E-state index >= 15 is 0 Å². The molecular formula is C42H60N5O10P. The average Bonchev–Trinajstić information content (AvgIpc) is 3.21. The lowest BCUT2D eigenvalue weighted by molar-refractivity contribution is -0.134. The fourth-order valence-corrected chi connectivity index (χ4v) is 7.64. The van der Waals surface area contributed by atoms with Crippen molar-refractivity contribution in [2.45, 2.75) is 110 Å². The predicted molar refractivity (Wildman–Crippen MR) is 219 cm³/mol. The van der Waals surface area contributed by atoms with E-state index in [0.717, 1.165) is 42.9 Å². The molecule has 1 saturated carbocycles. The molecule has 1 aromatic heterocycles. The van der Waals surface area contributed by atoms with Gasteiger partial charge in [0.1, 0.15) is 17.8 Å². The summed E-state index contributed by atoms with van der Waals surface area (Å²) in [6.45, 7) is 6.31. The van der Waals surface area contributed by atoms with E-state index in [-0.39, 0.29) is 36.6 Å². The first-order valence-corrected chi connectivity index (χ1v) is 21.7. The summed E-state index contributed by atoms with van der Waals surface area (Å²) in [5.74, 6) is -2.98. The Morgan fingerprint density at radius 3 is 2.26 bits per heavy atom. The first-order chi connectivity index (χ1) is 27.6. The number of fused-ring (bicyclic) bond motifs is 1. The molecule has 16 heteroatoms. The molecule has 2 aromatic carbocycles. The third-order valence-corrected chi connectivity index (χ3v) is 11.4. The van der Waals surface area contributed by atoms with Gasteiger partial charge in [0.2, 0.25) is 17.7 Å². The molecule has 0 saturated heterocycles. The molecule has 3 aromatic rings. The molecular weight excluding hydrogens is 765 g/mol. The van der Waals surface area contributed by atoms with Crippen LogP contribution in [0.15, 0.2) is 66.9 Å². The molecule has 1 fully saturated rings. The van der Waals surface area contributed by atoms with Gasteiger partial charge in [-0.05, 0) is 54.2 Å². The number of rotatable bonds is 22. The van der Waals surface area contributed by atoms with Crippen LogP contribution >= 0.6 is 7.82 Å². The highest BCUT2D eigenvalue weighted by atomic mass is 31.2. The summed E-state index contributed by atoms with van der Waals surface area (Å²) in [5, 5.41) is 24.6. The zero-order valence-electron chi connectivity index (χ0n) is 33.8. The smallest absolute Gasteiger partial charge is 0.469 e. The number of hydrogen-bond donors (Lipinski definition) is 7. The number of aliphatic hydroxyl groups is 1. The van der Waals surface area contributed by atoms with Crippen LogP contribution in [0.2, 0.25) is 0 Å². The van der Waals surface area contributed by atoms with Gasteiger partial charge in [-0.3, -0.25) is 28.7 Å². The van der Waals surface area contributed by atoms with Crippen molar-refractivity contribution in [1.29, 1.82) is 0 Å². The maximum absolute atomic E-state index is 14.0. The highest BCUT2D eigenvalue weighted by molar-refractivity contribution is 7.46. The number of benzene rings is 2. The van der Waals surface area contributed by atoms with E-state index in [1.54, 1.807) is 30.5 Å². The van der Waals surface area contributed by atoms with Crippen LogP contribution in [0.5, 0.6) is 5.75 Å². The Labute approximate surface area is 340 Å². The second kappa shape index (κ2) is 22.7. The van der Waals surface area contributed by atoms with Crippen molar-refractivity contribution in [3.8, 4) is 5.75 Å². The maximum atomic E-state index is 14.0. The zero-order valence-corrected chi connectivity index (χ0v) is 34.7. The van der Waals surface area contributed by atoms with Crippen LogP contribution in [0, 0.1) is 23.7 Å². The number of amides is 4. The molecule has 1 heterocycles. The van der Waals surface area contributed by atoms with Gasteiger partial charge < -0.3 is 40.9 Å². The fraction of sp³-hybridized carbons (Fsp3) is 0.548. The predicted octanol–water partition coefficient (Wildman–Crippen LogP) is 4.53. The monoisotopic (exact) mass is 825 g/mol. The Morgan fingerprint density at radius 2 is 1.59 bits per heavy atom. The van der Waals surface area contributed by atoms with Crippen LogP contribution < -0.4 is 26.0 Å². The molecule has 2 unspecified atom stereocenters. The number of phosphoric ester groups is 1. The minimum atomic E-state index is -5.05. The Balaban J connectivity index is 1.48. The van der Waals surface area contributed by atoms with E-state index in [0.29, 0.717) is 24.3 Å². The lowest BCUT2D eigenvalue weighted by atomic mass is 9.81. The number of hydrogen-bond acceptors (Lipinski definition) is 9. The van der Waals surface area contributed by atoms with Crippen LogP contribution in [0.25, 0.3) is 10.8 Å². The Bertz CT molecular complexity index is 1830. The van der Waals surface area contributed by atoms with Gasteiger partial charge >= 0.3 is 7.82 Å². The van der Waals surface area contributed by atoms with Crippen molar-refractivity contribution in [1.82, 2.24) is 26.3 Å². The molecule has 0 bridgehead atoms. The van der Waals surface area contributed by atoms with Crippen molar-refractivity contribution >= 4 is 42.2 Å². The van der Waals surface area contributed by atoms with Crippen LogP contribution in [-0.4, -0.2) is 80.9 Å². The van der Waals surface area contributed by atoms with Crippen LogP contribution in [-0.2, 0) is 34.8 Å². The number of carbonyl (C=O) groups is 4. The highest BCUT2D eigenvalue weighted by Gasteiger charge is 2.36. The van der Waals surface area contributed by atoms with Crippen molar-refractivity contribution in [2.24, 2.45) is 23.7 Å². The molecule has 0 radical (unpaired) electrons. The van der Waals surface area contributed by atoms with Gasteiger partial charge in [0.25, 0.3) is 5.91 Å². The number of carbonyl (C=O) groups excluding carboxylic acids is 4. The molecule has 1 aliphatic carbocycles. The van der Waals surface area contributed by atoms with Gasteiger partial charge in [0.15, 0.2) is 6.61 Å². The molecule has 7 N–H and O–H groups in total. The SMILES string of the molecule is CC[C@H](C)C(NC(=O)[C@@H](C[C@H](O)C(CC1CCCCC1)NC(=O)[C@H](COP(=O)(O)O)NC(=O)COc1cccc2ccccc12)C(C)C)C(=O)NCc1ccccn1. The van der Waals surface area contributed by atoms with Crippen LogP contribution in [0.4, 0.5) is 0 Å². The summed E-state index contributed by atoms with van der Waals surface area (Å²) in [4.78, 5) is 77.6. The quantitative estimate of drug-likeness (QED) is 0.0697. The number of phosphoric acid groups is 1. The fourth-order valence-electron chi connectivity index (χ4n) is 7.29. The molecule has 318 valence electrons. The van der Waals surface area contributed by atoms with Crippen molar-refractivity contribution in [3.05, 3.63) is 72.6 Å². The molecule has 6 atom stereocenters. The van der Waals surface area contributed by atoms with E-state index in [1.165, 1.54) is 0 Å². The molecule has 15 nitrogen and oxygen atoms in total. The van der Waals surface area contributed by atoms with Crippen molar-refractivity contribution in [2.75, 3.05) is 13.2 Å². The van der Waals surface area contributed by atoms with Gasteiger partial charge in [-0.25, -0.2) is 4.57 Å². The molecule has 58 heavy (non-hydrogen) atoms. The summed E-state index contributed by atoms with van der Waals surface area (Å²) in [7, 11) is -5.05. The summed E-state index contributed by atoms with van der Waals surface area (Å²) in [6, 6.07) is 14.9. The van der Waals surface area contributed by atoms with Gasteiger partial charge in [0.05, 0.1) is 31.0 Å². The van der Waals surface area contributed by atoms with Crippen molar-refractivity contribution < 1.29 is 47.9 Å². The largest absolute Gasteiger partial charge is 0.483 e. The van der Waals surface area contributed by atoms with Gasteiger partial charge in [-0.15, -0.1) is 0 Å². The number of ether oxygens (including phenoxy) is 1. The summed E-state index contributed by atoms with van der Waals surface area (Å²) in [6.07, 6.45) is 6.14. The van der Waals surface area contributed by atoms with E-state index in [9.17, 15) is 38.6 Å². The highest BCUT2D eigenvalue weighted by Crippen LogP contribution is 2.36. The normalized spacial score (nSPS) is 16.7. The third-order valence-electron chi connectivity index (χ3n) is 10.9. The van der Waals surface area contributed by atoms with Crippen molar-refractivity contribution in [3.63, 3.8) is 0 Å². The number of pyridine rings is 1. The second-order valence-electron chi connectivity index (χ2n) is 15.6. The topological polar surface area (TPSA) is 226 Å². The molecule has 4 rings (SSSR count). The third kappa shape index (κ3) is 14.8. The average molecular weight is 826 g/mol. The Hall–Kier alpha value is -4.40. The molecule has 0 aliphatic heterocycles. The number of aliphatic hydroxyl groups excluding tert-OH is 1. The number of nitrogens with one attached hydrogen (secondary N) is 4. The van der Waals surface area contributed by atoms with Crippen LogP contribution in [0.3, 0.4) is 0 Å². The standard InChI is InChI=1S/C42H60N5O10P/c1-5-28(4)39(42(52)44-24-31-18-11-12-21-43-31)47-40(50)33(27(2)3)23-36(48)34(22-29-14-7-6-8-15-29)46-41(51)35(25-57-58(53,54)55)45-38(49)26-56-37-20-13-17-30-16-9-10-19-32(30)37/h9-13,16-21,27-29,33-36,39,48H,5-8,14-15,22-26H2,1-4H3,(H,44,52)(H,45,49)(H,46,51)(H,47,50)(H2,53,54,55)/t28-,33-,34?,35-,36-,39?/m0/s1. The Kier molecular flexibility index (Phi) is 18.1. The summed E-state index contributed by atoms with van der Waals surface area (Å²) < 4.78 is 22.1. The lowest BCUT2D eigenvalue weighted by Crippen LogP contribution is -2.56. The van der Waals surface area contributed by atoms with Gasteiger partial charge in [-0.1, -0.05) is 109 Å². The summed E-state index contributed by atoms with van der Waals surface area (Å²) >= 11 is 0. The summed E-state index contributed by atoms with van der Waals surface area (Å²) in [5.41, 5.74) is 0.670. The Morgan fingerprint density at radius 1 is 0.879 bits per heavy atom. The maximum Gasteiger partial charge on any atom is 0.469 e. The zero-order chi connectivity index (χ0) is 42.2. The molecule has 0 spiro atoms. The van der Waals surface area contributed by atoms with E-state index in [2.05, 4.69) is 30.8 Å². The van der Waals surface area contributed by atoms with E-state index in [4.69, 9.17) is 4.74 Å². The first kappa shape index (κ1) is 46.3. The van der Waals surface area contributed by atoms with Gasteiger partial charge in [-0.2, -0.15) is 0 Å². The minimum Gasteiger partial charge on any atom is -0.483 e. The van der Waals surface area contributed by atoms with E-state index in [1.807, 2.05) is 64.1 Å². The minimum absolute atomic E-state index is 0.0567. The van der Waals surface area contributed by atoms with Crippen LogP contribution in [0.1, 0.15) is 84.8 Å². The second-order valence-corrected chi connectivity index (χ2v) is 16.8. The molecule has 1 aliphatic rings. The number of aromatic nitrogens is 1. The van der Waals surface area contributed by atoms with Gasteiger partial charge in [0, 0.05) is 17.5 Å².